The standard InChI is InChI=1S/C15H26N2O/c1-12(2)15(3,11-16)17(4)10-13-6-8-14(18-5)9-7-13/h6-9,12H,10-11,16H2,1-5H3. The molecular formula is C15H26N2O. The summed E-state index contributed by atoms with van der Waals surface area (Å²) >= 11 is 0. The van der Waals surface area contributed by atoms with E-state index in [0.717, 1.165) is 12.3 Å². The Balaban J connectivity index is 2.76. The molecule has 0 saturated carbocycles. The van der Waals surface area contributed by atoms with Gasteiger partial charge >= 0.3 is 0 Å². The SMILES string of the molecule is COc1ccc(CN(C)C(C)(CN)C(C)C)cc1. The van der Waals surface area contributed by atoms with Crippen LogP contribution in [0.4, 0.5) is 0 Å². The zero-order chi connectivity index (χ0) is 13.8. The molecule has 3 heteroatoms. The van der Waals surface area contributed by atoms with Crippen molar-refractivity contribution < 1.29 is 4.74 Å². The molecule has 0 saturated heterocycles. The van der Waals surface area contributed by atoms with Crippen molar-refractivity contribution in [2.75, 3.05) is 20.7 Å². The third-order valence-electron chi connectivity index (χ3n) is 4.11. The highest BCUT2D eigenvalue weighted by molar-refractivity contribution is 5.27. The van der Waals surface area contributed by atoms with E-state index in [1.807, 2.05) is 12.1 Å². The Kier molecular flexibility index (Phi) is 5.17. The van der Waals surface area contributed by atoms with Crippen LogP contribution >= 0.6 is 0 Å². The van der Waals surface area contributed by atoms with Crippen LogP contribution in [0.1, 0.15) is 26.3 Å². The highest BCUT2D eigenvalue weighted by Crippen LogP contribution is 2.24. The predicted octanol–water partition coefficient (Wildman–Crippen LogP) is 2.50. The van der Waals surface area contributed by atoms with Crippen LogP contribution in [0.15, 0.2) is 24.3 Å². The lowest BCUT2D eigenvalue weighted by molar-refractivity contribution is 0.0878. The van der Waals surface area contributed by atoms with E-state index in [9.17, 15) is 0 Å². The number of nitrogens with two attached hydrogens (primary N) is 1. The lowest BCUT2D eigenvalue weighted by atomic mass is 9.86. The van der Waals surface area contributed by atoms with Gasteiger partial charge in [0.1, 0.15) is 5.75 Å². The molecule has 1 aromatic carbocycles. The minimum atomic E-state index is 0.0277. The van der Waals surface area contributed by atoms with Gasteiger partial charge in [-0.05, 0) is 37.6 Å². The fourth-order valence-electron chi connectivity index (χ4n) is 2.02. The number of methoxy groups -OCH3 is 1. The summed E-state index contributed by atoms with van der Waals surface area (Å²) in [5, 5.41) is 0. The van der Waals surface area contributed by atoms with Crippen molar-refractivity contribution in [1.82, 2.24) is 4.90 Å². The molecule has 102 valence electrons. The monoisotopic (exact) mass is 250 g/mol. The molecule has 0 aliphatic rings. The second-order valence-corrected chi connectivity index (χ2v) is 5.42. The minimum Gasteiger partial charge on any atom is -0.497 e. The Morgan fingerprint density at radius 3 is 2.22 bits per heavy atom. The van der Waals surface area contributed by atoms with Crippen molar-refractivity contribution in [3.63, 3.8) is 0 Å². The molecule has 3 nitrogen and oxygen atoms in total. The summed E-state index contributed by atoms with van der Waals surface area (Å²) in [7, 11) is 3.82. The quantitative estimate of drug-likeness (QED) is 0.843. The van der Waals surface area contributed by atoms with Crippen LogP contribution in [0.5, 0.6) is 5.75 Å². The number of ether oxygens (including phenoxy) is 1. The van der Waals surface area contributed by atoms with Gasteiger partial charge in [0.15, 0.2) is 0 Å². The maximum atomic E-state index is 5.95. The maximum absolute atomic E-state index is 5.95. The number of hydrogen-bond donors (Lipinski definition) is 1. The van der Waals surface area contributed by atoms with Gasteiger partial charge in [0.2, 0.25) is 0 Å². The second-order valence-electron chi connectivity index (χ2n) is 5.42. The van der Waals surface area contributed by atoms with E-state index in [2.05, 4.69) is 44.9 Å². The molecule has 1 rings (SSSR count). The fraction of sp³-hybridized carbons (Fsp3) is 0.600. The third-order valence-corrected chi connectivity index (χ3v) is 4.11. The molecule has 0 aliphatic carbocycles. The van der Waals surface area contributed by atoms with E-state index in [1.54, 1.807) is 7.11 Å². The topological polar surface area (TPSA) is 38.5 Å². The van der Waals surface area contributed by atoms with Crippen molar-refractivity contribution in [2.24, 2.45) is 11.7 Å². The maximum Gasteiger partial charge on any atom is 0.118 e. The summed E-state index contributed by atoms with van der Waals surface area (Å²) in [5.74, 6) is 1.41. The molecule has 0 aromatic heterocycles. The lowest BCUT2D eigenvalue weighted by Crippen LogP contribution is -2.53. The summed E-state index contributed by atoms with van der Waals surface area (Å²) in [6.07, 6.45) is 0. The molecule has 18 heavy (non-hydrogen) atoms. The summed E-state index contributed by atoms with van der Waals surface area (Å²) in [6, 6.07) is 8.20. The molecule has 2 N–H and O–H groups in total. The number of likely N-dealkylation sites (N-methyl/N-ethyl adjacent to an activating group) is 1. The van der Waals surface area contributed by atoms with Crippen LogP contribution in [0.25, 0.3) is 0 Å². The van der Waals surface area contributed by atoms with E-state index in [1.165, 1.54) is 5.56 Å². The van der Waals surface area contributed by atoms with Crippen molar-refractivity contribution >= 4 is 0 Å². The first-order chi connectivity index (χ1) is 8.43. The number of rotatable bonds is 6. The van der Waals surface area contributed by atoms with Crippen LogP contribution in [-0.4, -0.2) is 31.1 Å². The van der Waals surface area contributed by atoms with E-state index in [-0.39, 0.29) is 5.54 Å². The molecule has 1 atom stereocenters. The summed E-state index contributed by atoms with van der Waals surface area (Å²) in [4.78, 5) is 2.33. The Morgan fingerprint density at radius 1 is 1.28 bits per heavy atom. The van der Waals surface area contributed by atoms with Gasteiger partial charge in [-0.15, -0.1) is 0 Å². The average molecular weight is 250 g/mol. The van der Waals surface area contributed by atoms with Crippen LogP contribution in [0.3, 0.4) is 0 Å². The highest BCUT2D eigenvalue weighted by atomic mass is 16.5. The Labute approximate surface area is 111 Å². The van der Waals surface area contributed by atoms with Crippen LogP contribution < -0.4 is 10.5 Å². The molecule has 0 radical (unpaired) electrons. The number of nitrogens with zero attached hydrogens (tertiary/aromatic N) is 1. The Bertz CT molecular complexity index is 361. The normalized spacial score (nSPS) is 14.9. The first kappa shape index (κ1) is 15.0. The zero-order valence-electron chi connectivity index (χ0n) is 12.2. The van der Waals surface area contributed by atoms with Gasteiger partial charge in [-0.3, -0.25) is 4.90 Å². The van der Waals surface area contributed by atoms with Crippen molar-refractivity contribution in [3.8, 4) is 5.75 Å². The molecule has 0 amide bonds. The van der Waals surface area contributed by atoms with Gasteiger partial charge in [-0.25, -0.2) is 0 Å². The fourth-order valence-corrected chi connectivity index (χ4v) is 2.02. The van der Waals surface area contributed by atoms with Crippen molar-refractivity contribution in [2.45, 2.75) is 32.9 Å². The van der Waals surface area contributed by atoms with E-state index in [0.29, 0.717) is 12.5 Å². The average Bonchev–Trinajstić information content (AvgIpc) is 2.38. The number of benzene rings is 1. The van der Waals surface area contributed by atoms with Crippen LogP contribution in [-0.2, 0) is 6.54 Å². The largest absolute Gasteiger partial charge is 0.497 e. The van der Waals surface area contributed by atoms with Gasteiger partial charge in [-0.2, -0.15) is 0 Å². The molecule has 0 heterocycles. The van der Waals surface area contributed by atoms with Gasteiger partial charge in [0, 0.05) is 18.6 Å². The lowest BCUT2D eigenvalue weighted by Gasteiger charge is -2.41. The molecule has 0 aliphatic heterocycles. The van der Waals surface area contributed by atoms with Gasteiger partial charge in [-0.1, -0.05) is 26.0 Å². The third kappa shape index (κ3) is 3.24. The summed E-state index contributed by atoms with van der Waals surface area (Å²) in [5.41, 5.74) is 7.25. The predicted molar refractivity (Wildman–Crippen MR) is 76.8 cm³/mol. The van der Waals surface area contributed by atoms with Crippen molar-refractivity contribution in [1.29, 1.82) is 0 Å². The van der Waals surface area contributed by atoms with Gasteiger partial charge < -0.3 is 10.5 Å². The molecule has 0 fully saturated rings. The van der Waals surface area contributed by atoms with Crippen LogP contribution in [0.2, 0.25) is 0 Å². The first-order valence-corrected chi connectivity index (χ1v) is 6.48. The van der Waals surface area contributed by atoms with E-state index >= 15 is 0 Å². The molecular weight excluding hydrogens is 224 g/mol. The van der Waals surface area contributed by atoms with E-state index in [4.69, 9.17) is 10.5 Å². The van der Waals surface area contributed by atoms with Crippen LogP contribution in [0, 0.1) is 5.92 Å². The van der Waals surface area contributed by atoms with Gasteiger partial charge in [0.25, 0.3) is 0 Å². The molecule has 0 spiro atoms. The summed E-state index contributed by atoms with van der Waals surface area (Å²) in [6.45, 7) is 8.23. The van der Waals surface area contributed by atoms with Gasteiger partial charge in [0.05, 0.1) is 7.11 Å². The molecule has 1 unspecified atom stereocenters. The smallest absolute Gasteiger partial charge is 0.118 e. The summed E-state index contributed by atoms with van der Waals surface area (Å²) < 4.78 is 5.17. The highest BCUT2D eigenvalue weighted by Gasteiger charge is 2.31. The Morgan fingerprint density at radius 2 is 1.83 bits per heavy atom. The van der Waals surface area contributed by atoms with Crippen molar-refractivity contribution in [3.05, 3.63) is 29.8 Å². The molecule has 0 bridgehead atoms. The first-order valence-electron chi connectivity index (χ1n) is 6.48. The zero-order valence-corrected chi connectivity index (χ0v) is 12.2. The number of hydrogen-bond acceptors (Lipinski definition) is 3. The second kappa shape index (κ2) is 6.21. The minimum absolute atomic E-state index is 0.0277. The molecule has 1 aromatic rings. The van der Waals surface area contributed by atoms with E-state index < -0.39 is 0 Å². The Hall–Kier alpha value is -1.06.